The molecule has 1 aliphatic rings. The van der Waals surface area contributed by atoms with E-state index in [0.717, 1.165) is 19.3 Å². The van der Waals surface area contributed by atoms with E-state index in [1.807, 2.05) is 0 Å². The number of hydrogen-bond acceptors (Lipinski definition) is 3. The summed E-state index contributed by atoms with van der Waals surface area (Å²) in [6.07, 6.45) is 2.43. The van der Waals surface area contributed by atoms with Crippen LogP contribution in [-0.4, -0.2) is 23.0 Å². The van der Waals surface area contributed by atoms with Crippen molar-refractivity contribution in [2.45, 2.75) is 32.2 Å². The van der Waals surface area contributed by atoms with Crippen LogP contribution in [0.3, 0.4) is 0 Å². The topological polar surface area (TPSA) is 87.7 Å². The lowest BCUT2D eigenvalue weighted by Gasteiger charge is -2.20. The van der Waals surface area contributed by atoms with Crippen LogP contribution in [0, 0.1) is 18.7 Å². The van der Waals surface area contributed by atoms with Gasteiger partial charge in [0.15, 0.2) is 0 Å². The molecule has 0 aromatic heterocycles. The van der Waals surface area contributed by atoms with Crippen molar-refractivity contribution in [1.29, 1.82) is 0 Å². The van der Waals surface area contributed by atoms with Gasteiger partial charge in [0.25, 0.3) is 5.91 Å². The Hall–Kier alpha value is -2.11. The highest BCUT2D eigenvalue weighted by Crippen LogP contribution is 2.26. The summed E-state index contributed by atoms with van der Waals surface area (Å²) in [7, 11) is 0. The summed E-state index contributed by atoms with van der Waals surface area (Å²) < 4.78 is 13.2. The molecule has 4 N–H and O–H groups in total. The first-order valence-electron chi connectivity index (χ1n) is 6.57. The second-order valence-corrected chi connectivity index (χ2v) is 5.10. The third kappa shape index (κ3) is 2.89. The van der Waals surface area contributed by atoms with Gasteiger partial charge in [-0.15, -0.1) is 0 Å². The number of nitrogens with two attached hydrogens (primary N) is 1. The Morgan fingerprint density at radius 3 is 2.95 bits per heavy atom. The van der Waals surface area contributed by atoms with E-state index in [0.29, 0.717) is 11.1 Å². The van der Waals surface area contributed by atoms with Crippen LogP contribution >= 0.6 is 0 Å². The van der Waals surface area contributed by atoms with Gasteiger partial charge in [-0.25, -0.2) is 4.39 Å². The maximum absolute atomic E-state index is 13.2. The first kappa shape index (κ1) is 14.3. The summed E-state index contributed by atoms with van der Waals surface area (Å²) in [5, 5.41) is 14.6. The predicted octanol–water partition coefficient (Wildman–Crippen LogP) is 1.78. The van der Waals surface area contributed by atoms with Crippen molar-refractivity contribution in [1.82, 2.24) is 5.32 Å². The molecule has 1 aliphatic carbocycles. The minimum Gasteiger partial charge on any atom is -0.409 e. The van der Waals surface area contributed by atoms with Gasteiger partial charge in [0, 0.05) is 17.5 Å². The molecule has 2 rings (SSSR count). The first-order chi connectivity index (χ1) is 9.52. The van der Waals surface area contributed by atoms with E-state index in [1.165, 1.54) is 12.1 Å². The lowest BCUT2D eigenvalue weighted by molar-refractivity contribution is 0.0932. The summed E-state index contributed by atoms with van der Waals surface area (Å²) in [6, 6.07) is 3.93. The average molecular weight is 279 g/mol. The average Bonchev–Trinajstić information content (AvgIpc) is 2.88. The van der Waals surface area contributed by atoms with Crippen molar-refractivity contribution in [3.8, 4) is 0 Å². The largest absolute Gasteiger partial charge is 0.409 e. The van der Waals surface area contributed by atoms with E-state index < -0.39 is 5.82 Å². The maximum Gasteiger partial charge on any atom is 0.251 e. The van der Waals surface area contributed by atoms with E-state index in [1.54, 1.807) is 13.0 Å². The van der Waals surface area contributed by atoms with E-state index >= 15 is 0 Å². The zero-order valence-corrected chi connectivity index (χ0v) is 11.3. The van der Waals surface area contributed by atoms with Crippen molar-refractivity contribution in [2.75, 3.05) is 0 Å². The molecule has 1 amide bonds. The molecule has 0 heterocycles. The second-order valence-electron chi connectivity index (χ2n) is 5.10. The van der Waals surface area contributed by atoms with Gasteiger partial charge < -0.3 is 16.3 Å². The van der Waals surface area contributed by atoms with Crippen molar-refractivity contribution < 1.29 is 14.4 Å². The van der Waals surface area contributed by atoms with Crippen molar-refractivity contribution in [3.63, 3.8) is 0 Å². The molecular weight excluding hydrogens is 261 g/mol. The van der Waals surface area contributed by atoms with Gasteiger partial charge in [0.2, 0.25) is 0 Å². The van der Waals surface area contributed by atoms with Gasteiger partial charge in [-0.2, -0.15) is 0 Å². The highest BCUT2D eigenvalue weighted by atomic mass is 19.1. The van der Waals surface area contributed by atoms with Crippen LogP contribution in [0.5, 0.6) is 0 Å². The number of carbonyl (C=O) groups is 1. The monoisotopic (exact) mass is 279 g/mol. The molecule has 108 valence electrons. The zero-order chi connectivity index (χ0) is 14.7. The predicted molar refractivity (Wildman–Crippen MR) is 73.1 cm³/mol. The molecule has 20 heavy (non-hydrogen) atoms. The molecule has 0 spiro atoms. The van der Waals surface area contributed by atoms with Crippen molar-refractivity contribution >= 4 is 11.7 Å². The minimum atomic E-state index is -0.444. The Labute approximate surface area is 116 Å². The minimum absolute atomic E-state index is 0.128. The van der Waals surface area contributed by atoms with Gasteiger partial charge >= 0.3 is 0 Å². The fourth-order valence-corrected chi connectivity index (χ4v) is 2.65. The summed E-state index contributed by atoms with van der Waals surface area (Å²) in [6.45, 7) is 1.75. The van der Waals surface area contributed by atoms with Crippen LogP contribution < -0.4 is 11.1 Å². The Balaban J connectivity index is 2.13. The lowest BCUT2D eigenvalue weighted by atomic mass is 10.0. The number of rotatable bonds is 3. The number of nitrogens with zero attached hydrogens (tertiary/aromatic N) is 1. The van der Waals surface area contributed by atoms with Crippen LogP contribution in [0.15, 0.2) is 23.4 Å². The number of hydrogen-bond donors (Lipinski definition) is 3. The van der Waals surface area contributed by atoms with Crippen LogP contribution in [0.4, 0.5) is 4.39 Å². The fraction of sp³-hybridized carbons (Fsp3) is 0.429. The molecule has 1 aromatic carbocycles. The van der Waals surface area contributed by atoms with E-state index in [4.69, 9.17) is 10.9 Å². The van der Waals surface area contributed by atoms with Gasteiger partial charge in [0.05, 0.1) is 0 Å². The van der Waals surface area contributed by atoms with Gasteiger partial charge in [0.1, 0.15) is 11.7 Å². The summed E-state index contributed by atoms with van der Waals surface area (Å²) in [4.78, 5) is 12.2. The number of aryl methyl sites for hydroxylation is 1. The molecule has 2 unspecified atom stereocenters. The smallest absolute Gasteiger partial charge is 0.251 e. The highest BCUT2D eigenvalue weighted by Gasteiger charge is 2.32. The number of carbonyl (C=O) groups excluding carboxylic acids is 1. The molecule has 0 bridgehead atoms. The van der Waals surface area contributed by atoms with Crippen molar-refractivity contribution in [2.24, 2.45) is 16.8 Å². The van der Waals surface area contributed by atoms with Crippen molar-refractivity contribution in [3.05, 3.63) is 35.1 Å². The molecule has 6 heteroatoms. The van der Waals surface area contributed by atoms with Crippen LogP contribution in [0.1, 0.15) is 35.2 Å². The standard InChI is InChI=1S/C14H18FN3O2/c1-8-5-6-9(15)7-11(8)14(19)17-12-4-2-3-10(12)13(16)18-20/h5-7,10,12,20H,2-4H2,1H3,(H2,16,18)(H,17,19). The van der Waals surface area contributed by atoms with Gasteiger partial charge in [-0.05, 0) is 37.5 Å². The molecule has 5 nitrogen and oxygen atoms in total. The number of amides is 1. The zero-order valence-electron chi connectivity index (χ0n) is 11.3. The van der Waals surface area contributed by atoms with Crippen LogP contribution in [0.2, 0.25) is 0 Å². The van der Waals surface area contributed by atoms with E-state index in [-0.39, 0.29) is 23.7 Å². The highest BCUT2D eigenvalue weighted by molar-refractivity contribution is 5.96. The number of amidine groups is 1. The number of benzene rings is 1. The molecule has 2 atom stereocenters. The Kier molecular flexibility index (Phi) is 4.22. The summed E-state index contributed by atoms with van der Waals surface area (Å²) in [5.74, 6) is -0.814. The number of oxime groups is 1. The normalized spacial score (nSPS) is 22.8. The molecule has 1 saturated carbocycles. The van der Waals surface area contributed by atoms with E-state index in [9.17, 15) is 9.18 Å². The van der Waals surface area contributed by atoms with Crippen LogP contribution in [-0.2, 0) is 0 Å². The molecule has 1 fully saturated rings. The molecule has 0 radical (unpaired) electrons. The third-order valence-corrected chi connectivity index (χ3v) is 3.77. The number of nitrogens with one attached hydrogen (secondary N) is 1. The summed E-state index contributed by atoms with van der Waals surface area (Å²) in [5.41, 5.74) is 6.65. The van der Waals surface area contributed by atoms with E-state index in [2.05, 4.69) is 10.5 Å². The van der Waals surface area contributed by atoms with Crippen LogP contribution in [0.25, 0.3) is 0 Å². The second kappa shape index (κ2) is 5.90. The Morgan fingerprint density at radius 1 is 1.50 bits per heavy atom. The Bertz CT molecular complexity index is 545. The maximum atomic E-state index is 13.2. The quantitative estimate of drug-likeness (QED) is 0.341. The fourth-order valence-electron chi connectivity index (χ4n) is 2.65. The van der Waals surface area contributed by atoms with Gasteiger partial charge in [-0.3, -0.25) is 4.79 Å². The molecule has 1 aromatic rings. The SMILES string of the molecule is Cc1ccc(F)cc1C(=O)NC1CCCC1C(N)=NO. The molecule has 0 aliphatic heterocycles. The summed E-state index contributed by atoms with van der Waals surface area (Å²) >= 11 is 0. The Morgan fingerprint density at radius 2 is 2.25 bits per heavy atom. The molecular formula is C14H18FN3O2. The third-order valence-electron chi connectivity index (χ3n) is 3.77. The van der Waals surface area contributed by atoms with Gasteiger partial charge in [-0.1, -0.05) is 17.6 Å². The lowest BCUT2D eigenvalue weighted by Crippen LogP contribution is -2.42. The molecule has 0 saturated heterocycles. The number of halogens is 1. The first-order valence-corrected chi connectivity index (χ1v) is 6.57.